The predicted molar refractivity (Wildman–Crippen MR) is 147 cm³/mol. The summed E-state index contributed by atoms with van der Waals surface area (Å²) in [6, 6.07) is 15.9. The topological polar surface area (TPSA) is 66.8 Å². The Morgan fingerprint density at radius 1 is 1.06 bits per heavy atom. The van der Waals surface area contributed by atoms with Gasteiger partial charge in [-0.1, -0.05) is 56.0 Å². The molecule has 0 unspecified atom stereocenters. The lowest BCUT2D eigenvalue weighted by Crippen LogP contribution is -2.14. The first kappa shape index (κ1) is 28.1. The van der Waals surface area contributed by atoms with Crippen LogP contribution < -0.4 is 0 Å². The van der Waals surface area contributed by atoms with Gasteiger partial charge < -0.3 is 14.9 Å². The molecular weight excluding hydrogens is 448 g/mol. The van der Waals surface area contributed by atoms with Crippen LogP contribution in [0.1, 0.15) is 81.4 Å². The molecule has 0 aliphatic heterocycles. The second kappa shape index (κ2) is 14.3. The van der Waals surface area contributed by atoms with Crippen LogP contribution in [0, 0.1) is 11.8 Å². The van der Waals surface area contributed by atoms with Crippen LogP contribution in [0.3, 0.4) is 0 Å². The molecule has 1 fully saturated rings. The summed E-state index contributed by atoms with van der Waals surface area (Å²) < 4.78 is 5.23. The average molecular weight is 493 g/mol. The maximum Gasteiger partial charge on any atom is 0.333 e. The van der Waals surface area contributed by atoms with E-state index in [-0.39, 0.29) is 25.1 Å². The van der Waals surface area contributed by atoms with Gasteiger partial charge in [0.2, 0.25) is 0 Å². The second-order valence-corrected chi connectivity index (χ2v) is 10.5. The number of carbonyl (C=O) groups is 1. The third-order valence-electron chi connectivity index (χ3n) is 7.79. The predicted octanol–water partition coefficient (Wildman–Crippen LogP) is 6.62. The highest BCUT2D eigenvalue weighted by molar-refractivity contribution is 5.86. The molecule has 0 saturated heterocycles. The second-order valence-electron chi connectivity index (χ2n) is 10.5. The third-order valence-corrected chi connectivity index (χ3v) is 7.79. The van der Waals surface area contributed by atoms with Crippen molar-refractivity contribution in [3.8, 4) is 11.1 Å². The summed E-state index contributed by atoms with van der Waals surface area (Å²) in [5.41, 5.74) is 7.09. The summed E-state index contributed by atoms with van der Waals surface area (Å²) in [5, 5.41) is 18.7. The molecular formula is C32H44O4. The van der Waals surface area contributed by atoms with E-state index < -0.39 is 0 Å². The van der Waals surface area contributed by atoms with Gasteiger partial charge in [-0.25, -0.2) is 4.79 Å². The number of hydrogen-bond acceptors (Lipinski definition) is 4. The number of aryl methyl sites for hydroxylation is 2. The molecule has 1 aliphatic carbocycles. The summed E-state index contributed by atoms with van der Waals surface area (Å²) in [7, 11) is 0. The maximum atomic E-state index is 11.5. The average Bonchev–Trinajstić information content (AvgIpc) is 2.91. The van der Waals surface area contributed by atoms with Crippen LogP contribution in [0.5, 0.6) is 0 Å². The number of benzene rings is 2. The van der Waals surface area contributed by atoms with Crippen molar-refractivity contribution in [2.75, 3.05) is 19.8 Å². The van der Waals surface area contributed by atoms with E-state index in [1.807, 2.05) is 0 Å². The molecule has 0 radical (unpaired) electrons. The Morgan fingerprint density at radius 2 is 1.75 bits per heavy atom. The standard InChI is InChI=1S/C32H44O4/c1-4-27-20-25(7-8-26(21-33)22-34)11-18-31(27)30-16-14-29(15-17-30)28-12-9-24(10-13-28)6-5-19-36-32(35)23(2)3/h11,14-18,20,24,26,28,33-34H,2,4-10,12-13,19,21-22H2,1,3H3. The highest BCUT2D eigenvalue weighted by Gasteiger charge is 2.22. The van der Waals surface area contributed by atoms with Gasteiger partial charge in [-0.05, 0) is 104 Å². The number of esters is 1. The van der Waals surface area contributed by atoms with E-state index in [1.54, 1.807) is 6.92 Å². The van der Waals surface area contributed by atoms with E-state index in [9.17, 15) is 15.0 Å². The zero-order valence-electron chi connectivity index (χ0n) is 22.2. The number of ether oxygens (including phenoxy) is 1. The molecule has 2 aromatic carbocycles. The molecule has 0 aromatic heterocycles. The molecule has 0 bridgehead atoms. The quantitative estimate of drug-likeness (QED) is 0.187. The van der Waals surface area contributed by atoms with Crippen molar-refractivity contribution in [2.45, 2.75) is 77.6 Å². The van der Waals surface area contributed by atoms with Crippen molar-refractivity contribution >= 4 is 5.97 Å². The van der Waals surface area contributed by atoms with Gasteiger partial charge >= 0.3 is 5.97 Å². The molecule has 4 heteroatoms. The van der Waals surface area contributed by atoms with Crippen LogP contribution in [-0.4, -0.2) is 36.0 Å². The van der Waals surface area contributed by atoms with Crippen molar-refractivity contribution in [1.82, 2.24) is 0 Å². The molecule has 0 amide bonds. The number of carbonyl (C=O) groups excluding carboxylic acids is 1. The zero-order chi connectivity index (χ0) is 25.9. The van der Waals surface area contributed by atoms with Crippen molar-refractivity contribution in [2.24, 2.45) is 11.8 Å². The molecule has 4 nitrogen and oxygen atoms in total. The molecule has 0 atom stereocenters. The SMILES string of the molecule is C=C(C)C(=O)OCCCC1CCC(c2ccc(-c3ccc(CCC(CO)CO)cc3CC)cc2)CC1. The van der Waals surface area contributed by atoms with Gasteiger partial charge in [-0.15, -0.1) is 0 Å². The van der Waals surface area contributed by atoms with E-state index in [0.29, 0.717) is 18.1 Å². The highest BCUT2D eigenvalue weighted by atomic mass is 16.5. The lowest BCUT2D eigenvalue weighted by Gasteiger charge is -2.29. The Morgan fingerprint density at radius 3 is 2.36 bits per heavy atom. The Bertz CT molecular complexity index is 966. The molecule has 3 rings (SSSR count). The van der Waals surface area contributed by atoms with E-state index in [1.165, 1.54) is 53.5 Å². The van der Waals surface area contributed by atoms with Crippen molar-refractivity contribution in [1.29, 1.82) is 0 Å². The van der Waals surface area contributed by atoms with Crippen LogP contribution in [0.25, 0.3) is 11.1 Å². The fourth-order valence-electron chi connectivity index (χ4n) is 5.37. The number of hydrogen-bond donors (Lipinski definition) is 2. The van der Waals surface area contributed by atoms with Crippen LogP contribution in [0.4, 0.5) is 0 Å². The number of rotatable bonds is 13. The Labute approximate surface area is 217 Å². The molecule has 1 aliphatic rings. The van der Waals surface area contributed by atoms with Crippen molar-refractivity contribution in [3.05, 3.63) is 71.3 Å². The molecule has 2 aromatic rings. The van der Waals surface area contributed by atoms with Crippen molar-refractivity contribution < 1.29 is 19.7 Å². The number of aliphatic hydroxyl groups is 2. The first-order valence-electron chi connectivity index (χ1n) is 13.7. The fraction of sp³-hybridized carbons (Fsp3) is 0.531. The largest absolute Gasteiger partial charge is 0.462 e. The van der Waals surface area contributed by atoms with Gasteiger partial charge in [-0.3, -0.25) is 0 Å². The summed E-state index contributed by atoms with van der Waals surface area (Å²) in [4.78, 5) is 11.5. The highest BCUT2D eigenvalue weighted by Crippen LogP contribution is 2.38. The normalized spacial score (nSPS) is 17.8. The molecule has 0 heterocycles. The van der Waals surface area contributed by atoms with E-state index in [2.05, 4.69) is 56.0 Å². The zero-order valence-corrected chi connectivity index (χ0v) is 22.2. The summed E-state index contributed by atoms with van der Waals surface area (Å²) >= 11 is 0. The van der Waals surface area contributed by atoms with Gasteiger partial charge in [0.15, 0.2) is 0 Å². The van der Waals surface area contributed by atoms with Crippen LogP contribution >= 0.6 is 0 Å². The lowest BCUT2D eigenvalue weighted by atomic mass is 9.77. The summed E-state index contributed by atoms with van der Waals surface area (Å²) in [6.07, 6.45) is 9.67. The maximum absolute atomic E-state index is 11.5. The number of aliphatic hydroxyl groups excluding tert-OH is 2. The van der Waals surface area contributed by atoms with Gasteiger partial charge in [0.05, 0.1) is 6.61 Å². The minimum atomic E-state index is -0.279. The lowest BCUT2D eigenvalue weighted by molar-refractivity contribution is -0.139. The Kier molecular flexibility index (Phi) is 11.2. The Hall–Kier alpha value is -2.43. The van der Waals surface area contributed by atoms with E-state index in [0.717, 1.165) is 38.0 Å². The molecule has 196 valence electrons. The molecule has 2 N–H and O–H groups in total. The Balaban J connectivity index is 1.51. The smallest absolute Gasteiger partial charge is 0.333 e. The summed E-state index contributed by atoms with van der Waals surface area (Å²) in [6.45, 7) is 8.08. The van der Waals surface area contributed by atoms with Gasteiger partial charge in [0.25, 0.3) is 0 Å². The third kappa shape index (κ3) is 8.04. The van der Waals surface area contributed by atoms with Crippen LogP contribution in [-0.2, 0) is 22.4 Å². The van der Waals surface area contributed by atoms with Crippen LogP contribution in [0.2, 0.25) is 0 Å². The van der Waals surface area contributed by atoms with Gasteiger partial charge in [-0.2, -0.15) is 0 Å². The first-order chi connectivity index (χ1) is 17.4. The van der Waals surface area contributed by atoms with E-state index in [4.69, 9.17) is 4.74 Å². The summed E-state index contributed by atoms with van der Waals surface area (Å²) in [5.74, 6) is 1.05. The minimum Gasteiger partial charge on any atom is -0.462 e. The van der Waals surface area contributed by atoms with Gasteiger partial charge in [0.1, 0.15) is 0 Å². The van der Waals surface area contributed by atoms with Crippen LogP contribution in [0.15, 0.2) is 54.6 Å². The first-order valence-corrected chi connectivity index (χ1v) is 13.7. The minimum absolute atomic E-state index is 0.0379. The van der Waals surface area contributed by atoms with E-state index >= 15 is 0 Å². The monoisotopic (exact) mass is 492 g/mol. The fourth-order valence-corrected chi connectivity index (χ4v) is 5.37. The van der Waals surface area contributed by atoms with Gasteiger partial charge in [0, 0.05) is 24.7 Å². The van der Waals surface area contributed by atoms with Crippen molar-refractivity contribution in [3.63, 3.8) is 0 Å². The molecule has 1 saturated carbocycles. The molecule has 0 spiro atoms. The molecule has 36 heavy (non-hydrogen) atoms.